The van der Waals surface area contributed by atoms with Crippen molar-refractivity contribution in [3.63, 3.8) is 0 Å². The molecular formula is C13H14N2O3S2. The number of thiophene rings is 1. The van der Waals surface area contributed by atoms with Crippen molar-refractivity contribution in [1.29, 1.82) is 0 Å². The minimum atomic E-state index is -0.988. The molecule has 2 aromatic rings. The van der Waals surface area contributed by atoms with E-state index in [-0.39, 0.29) is 16.8 Å². The van der Waals surface area contributed by atoms with Crippen LogP contribution in [-0.2, 0) is 0 Å². The molecule has 0 aliphatic heterocycles. The van der Waals surface area contributed by atoms with E-state index in [1.54, 1.807) is 19.2 Å². The largest absolute Gasteiger partial charge is 0.477 e. The first-order valence-electron chi connectivity index (χ1n) is 5.94. The summed E-state index contributed by atoms with van der Waals surface area (Å²) in [6.45, 7) is 5.33. The zero-order valence-electron chi connectivity index (χ0n) is 11.3. The number of amides is 1. The van der Waals surface area contributed by atoms with E-state index >= 15 is 0 Å². The molecule has 0 saturated carbocycles. The zero-order chi connectivity index (χ0) is 14.9. The number of aromatic nitrogens is 1. The number of hydrogen-bond donors (Lipinski definition) is 2. The zero-order valence-corrected chi connectivity index (χ0v) is 12.9. The lowest BCUT2D eigenvalue weighted by atomic mass is 10.2. The molecule has 0 radical (unpaired) electrons. The van der Waals surface area contributed by atoms with Crippen LogP contribution in [0.15, 0.2) is 10.8 Å². The minimum absolute atomic E-state index is 0.166. The van der Waals surface area contributed by atoms with Gasteiger partial charge < -0.3 is 10.4 Å². The average molecular weight is 310 g/mol. The van der Waals surface area contributed by atoms with E-state index in [1.807, 2.05) is 12.3 Å². The third kappa shape index (κ3) is 2.88. The van der Waals surface area contributed by atoms with Crippen LogP contribution in [0.5, 0.6) is 0 Å². The van der Waals surface area contributed by atoms with E-state index in [2.05, 4.69) is 10.3 Å². The normalized spacial score (nSPS) is 12.2. The van der Waals surface area contributed by atoms with Crippen molar-refractivity contribution >= 4 is 34.6 Å². The molecular weight excluding hydrogens is 296 g/mol. The van der Waals surface area contributed by atoms with E-state index < -0.39 is 5.97 Å². The number of hydrogen-bond acceptors (Lipinski definition) is 5. The maximum atomic E-state index is 12.1. The molecule has 0 bridgehead atoms. The molecule has 7 heteroatoms. The number of aryl methyl sites for hydroxylation is 2. The SMILES string of the molecule is Cc1cscc1C(=O)NC(C)c1nc(C)c(C(=O)O)s1. The van der Waals surface area contributed by atoms with Crippen LogP contribution in [0.3, 0.4) is 0 Å². The Hall–Kier alpha value is -1.73. The molecule has 1 atom stereocenters. The fraction of sp³-hybridized carbons (Fsp3) is 0.308. The van der Waals surface area contributed by atoms with Gasteiger partial charge >= 0.3 is 5.97 Å². The van der Waals surface area contributed by atoms with Crippen LogP contribution in [0.4, 0.5) is 0 Å². The molecule has 106 valence electrons. The van der Waals surface area contributed by atoms with Crippen molar-refractivity contribution < 1.29 is 14.7 Å². The number of carboxylic acids is 1. The van der Waals surface area contributed by atoms with E-state index in [1.165, 1.54) is 11.3 Å². The lowest BCUT2D eigenvalue weighted by Gasteiger charge is -2.10. The van der Waals surface area contributed by atoms with Crippen LogP contribution in [0.25, 0.3) is 0 Å². The number of carbonyl (C=O) groups is 2. The Balaban J connectivity index is 2.14. The minimum Gasteiger partial charge on any atom is -0.477 e. The molecule has 2 rings (SSSR count). The van der Waals surface area contributed by atoms with Crippen molar-refractivity contribution in [3.05, 3.63) is 37.5 Å². The molecule has 1 amide bonds. The first kappa shape index (κ1) is 14.7. The number of nitrogens with one attached hydrogen (secondary N) is 1. The predicted octanol–water partition coefficient (Wildman–Crippen LogP) is 3.01. The van der Waals surface area contributed by atoms with Crippen molar-refractivity contribution in [3.8, 4) is 0 Å². The van der Waals surface area contributed by atoms with Gasteiger partial charge in [-0.25, -0.2) is 9.78 Å². The van der Waals surface area contributed by atoms with Gasteiger partial charge in [-0.15, -0.1) is 11.3 Å². The summed E-state index contributed by atoms with van der Waals surface area (Å²) in [5, 5.41) is 16.2. The highest BCUT2D eigenvalue weighted by atomic mass is 32.1. The average Bonchev–Trinajstić information content (AvgIpc) is 2.95. The number of carboxylic acid groups (broad SMARTS) is 1. The molecule has 0 aromatic carbocycles. The lowest BCUT2D eigenvalue weighted by Crippen LogP contribution is -2.26. The number of carbonyl (C=O) groups excluding carboxylic acids is 1. The number of rotatable bonds is 4. The van der Waals surface area contributed by atoms with E-state index in [4.69, 9.17) is 5.11 Å². The van der Waals surface area contributed by atoms with E-state index in [9.17, 15) is 9.59 Å². The molecule has 0 fully saturated rings. The number of aromatic carboxylic acids is 1. The summed E-state index contributed by atoms with van der Waals surface area (Å²) in [6, 6.07) is -0.321. The molecule has 2 heterocycles. The number of thiazole rings is 1. The smallest absolute Gasteiger partial charge is 0.347 e. The van der Waals surface area contributed by atoms with Gasteiger partial charge in [0, 0.05) is 5.38 Å². The second-order valence-corrected chi connectivity index (χ2v) is 6.21. The highest BCUT2D eigenvalue weighted by molar-refractivity contribution is 7.13. The first-order chi connectivity index (χ1) is 9.40. The predicted molar refractivity (Wildman–Crippen MR) is 78.7 cm³/mol. The van der Waals surface area contributed by atoms with Gasteiger partial charge in [-0.3, -0.25) is 4.79 Å². The van der Waals surface area contributed by atoms with Crippen molar-refractivity contribution in [2.75, 3.05) is 0 Å². The summed E-state index contributed by atoms with van der Waals surface area (Å²) in [6.07, 6.45) is 0. The number of nitrogens with zero attached hydrogens (tertiary/aromatic N) is 1. The van der Waals surface area contributed by atoms with Gasteiger partial charge in [0.05, 0.1) is 17.3 Å². The van der Waals surface area contributed by atoms with E-state index in [0.29, 0.717) is 16.3 Å². The van der Waals surface area contributed by atoms with Gasteiger partial charge in [-0.05, 0) is 31.7 Å². The maximum absolute atomic E-state index is 12.1. The van der Waals surface area contributed by atoms with Gasteiger partial charge in [0.25, 0.3) is 5.91 Å². The Labute approximate surface area is 124 Å². The van der Waals surface area contributed by atoms with Crippen LogP contribution >= 0.6 is 22.7 Å². The van der Waals surface area contributed by atoms with Crippen molar-refractivity contribution in [2.45, 2.75) is 26.8 Å². The quantitative estimate of drug-likeness (QED) is 0.910. The summed E-state index contributed by atoms with van der Waals surface area (Å²) in [5.74, 6) is -1.15. The first-order valence-corrected chi connectivity index (χ1v) is 7.70. The summed E-state index contributed by atoms with van der Waals surface area (Å²) < 4.78 is 0. The highest BCUT2D eigenvalue weighted by Gasteiger charge is 2.20. The third-order valence-electron chi connectivity index (χ3n) is 2.83. The van der Waals surface area contributed by atoms with Gasteiger partial charge in [0.1, 0.15) is 9.88 Å². The Kier molecular flexibility index (Phi) is 4.20. The van der Waals surface area contributed by atoms with Crippen LogP contribution in [0.1, 0.15) is 49.3 Å². The topological polar surface area (TPSA) is 79.3 Å². The molecule has 2 aromatic heterocycles. The fourth-order valence-electron chi connectivity index (χ4n) is 1.73. The summed E-state index contributed by atoms with van der Waals surface area (Å²) >= 11 is 2.57. The van der Waals surface area contributed by atoms with Gasteiger partial charge in [0.2, 0.25) is 0 Å². The molecule has 20 heavy (non-hydrogen) atoms. The summed E-state index contributed by atoms with van der Waals surface area (Å²) in [4.78, 5) is 27.5. The monoisotopic (exact) mass is 310 g/mol. The van der Waals surface area contributed by atoms with Gasteiger partial charge in [-0.1, -0.05) is 0 Å². The van der Waals surface area contributed by atoms with Crippen LogP contribution in [-0.4, -0.2) is 22.0 Å². The molecule has 0 spiro atoms. The van der Waals surface area contributed by atoms with Crippen molar-refractivity contribution in [1.82, 2.24) is 10.3 Å². The van der Waals surface area contributed by atoms with E-state index in [0.717, 1.165) is 16.9 Å². The standard InChI is InChI=1S/C13H14N2O3S2/c1-6-4-19-5-9(6)11(16)14-8(3)12-15-7(2)10(20-12)13(17)18/h4-5,8H,1-3H3,(H,14,16)(H,17,18). The molecule has 1 unspecified atom stereocenters. The van der Waals surface area contributed by atoms with Gasteiger partial charge in [-0.2, -0.15) is 11.3 Å². The molecule has 0 aliphatic rings. The Bertz CT molecular complexity index is 660. The van der Waals surface area contributed by atoms with Gasteiger partial charge in [0.15, 0.2) is 0 Å². The van der Waals surface area contributed by atoms with Crippen LogP contribution in [0.2, 0.25) is 0 Å². The maximum Gasteiger partial charge on any atom is 0.347 e. The third-order valence-corrected chi connectivity index (χ3v) is 5.02. The molecule has 2 N–H and O–H groups in total. The Morgan fingerprint density at radius 2 is 2.05 bits per heavy atom. The second-order valence-electron chi connectivity index (χ2n) is 4.44. The van der Waals surface area contributed by atoms with Crippen LogP contribution < -0.4 is 5.32 Å². The molecule has 5 nitrogen and oxygen atoms in total. The summed E-state index contributed by atoms with van der Waals surface area (Å²) in [7, 11) is 0. The molecule has 0 aliphatic carbocycles. The van der Waals surface area contributed by atoms with Crippen molar-refractivity contribution in [2.24, 2.45) is 0 Å². The lowest BCUT2D eigenvalue weighted by molar-refractivity contribution is 0.0701. The Morgan fingerprint density at radius 3 is 2.55 bits per heavy atom. The second kappa shape index (κ2) is 5.72. The fourth-order valence-corrected chi connectivity index (χ4v) is 3.47. The Morgan fingerprint density at radius 1 is 1.35 bits per heavy atom. The highest BCUT2D eigenvalue weighted by Crippen LogP contribution is 2.24. The summed E-state index contributed by atoms with van der Waals surface area (Å²) in [5.41, 5.74) is 2.06. The van der Waals surface area contributed by atoms with Crippen LogP contribution in [0, 0.1) is 13.8 Å². The molecule has 0 saturated heterocycles.